The Balaban J connectivity index is 1.81. The number of rotatable bonds is 1. The number of carbonyl (C=O) groups is 1. The van der Waals surface area contributed by atoms with Crippen molar-refractivity contribution in [2.45, 2.75) is 32.2 Å². The lowest BCUT2D eigenvalue weighted by molar-refractivity contribution is -0.135. The monoisotopic (exact) mass is 348 g/mol. The first-order valence-corrected chi connectivity index (χ1v) is 8.63. The minimum atomic E-state index is -0.597. The van der Waals surface area contributed by atoms with Crippen molar-refractivity contribution < 1.29 is 9.53 Å². The van der Waals surface area contributed by atoms with Gasteiger partial charge in [-0.2, -0.15) is 0 Å². The molecule has 0 radical (unpaired) electrons. The third-order valence-corrected chi connectivity index (χ3v) is 5.32. The van der Waals surface area contributed by atoms with Gasteiger partial charge in [0.2, 0.25) is 0 Å². The van der Waals surface area contributed by atoms with Crippen LogP contribution in [0.5, 0.6) is 5.75 Å². The Hall–Kier alpha value is -3.15. The molecular weight excluding hydrogens is 332 g/mol. The summed E-state index contributed by atoms with van der Waals surface area (Å²) in [6.07, 6.45) is 0.804. The van der Waals surface area contributed by atoms with Gasteiger partial charge in [-0.15, -0.1) is 0 Å². The lowest BCUT2D eigenvalue weighted by atomic mass is 9.87. The number of carbonyl (C=O) groups excluding carboxylic acids is 1. The topological polar surface area (TPSA) is 81.2 Å². The Kier molecular flexibility index (Phi) is 3.01. The number of nitrogens with zero attached hydrogens (tertiary/aromatic N) is 1. The first-order valence-electron chi connectivity index (χ1n) is 8.63. The highest BCUT2D eigenvalue weighted by molar-refractivity contribution is 5.85. The van der Waals surface area contributed by atoms with E-state index in [0.29, 0.717) is 23.4 Å². The first-order chi connectivity index (χ1) is 12.5. The van der Waals surface area contributed by atoms with Crippen LogP contribution in [0.3, 0.4) is 0 Å². The van der Waals surface area contributed by atoms with Crippen molar-refractivity contribution in [3.05, 3.63) is 73.4 Å². The van der Waals surface area contributed by atoms with E-state index in [-0.39, 0.29) is 23.3 Å². The van der Waals surface area contributed by atoms with Crippen molar-refractivity contribution in [2.75, 3.05) is 0 Å². The van der Waals surface area contributed by atoms with Crippen LogP contribution in [-0.4, -0.2) is 15.5 Å². The standard InChI is InChI=1S/C20H16N2O4/c1-10-7-15-17(19(24)21-10)13(9-16(23)26-15)14-8-12-4-2-3-11-5-6-22(18(11)12)20(14)25/h2-4,7-8,13H,5-6,9H2,1H3,(H,21,24). The van der Waals surface area contributed by atoms with E-state index < -0.39 is 11.9 Å². The van der Waals surface area contributed by atoms with Crippen LogP contribution >= 0.6 is 0 Å². The van der Waals surface area contributed by atoms with E-state index >= 15 is 0 Å². The summed E-state index contributed by atoms with van der Waals surface area (Å²) < 4.78 is 7.04. The van der Waals surface area contributed by atoms with Crippen molar-refractivity contribution in [3.63, 3.8) is 0 Å². The highest BCUT2D eigenvalue weighted by atomic mass is 16.5. The number of ether oxygens (including phenoxy) is 1. The molecule has 0 amide bonds. The Morgan fingerprint density at radius 3 is 2.88 bits per heavy atom. The highest BCUT2D eigenvalue weighted by Crippen LogP contribution is 2.37. The molecule has 0 saturated carbocycles. The molecule has 6 nitrogen and oxygen atoms in total. The molecule has 0 aliphatic carbocycles. The summed E-state index contributed by atoms with van der Waals surface area (Å²) in [6.45, 7) is 2.35. The maximum absolute atomic E-state index is 13.1. The van der Waals surface area contributed by atoms with Gasteiger partial charge in [-0.1, -0.05) is 18.2 Å². The Bertz CT molecular complexity index is 1220. The number of nitrogens with one attached hydrogen (secondary N) is 1. The SMILES string of the molecule is Cc1cc2c(c(=O)[nH]1)C(c1cc3cccc4c3n(c1=O)CC4)CC(=O)O2. The zero-order chi connectivity index (χ0) is 18.0. The average Bonchev–Trinajstić information content (AvgIpc) is 3.02. The molecule has 1 unspecified atom stereocenters. The summed E-state index contributed by atoms with van der Waals surface area (Å²) in [6, 6.07) is 9.43. The van der Waals surface area contributed by atoms with Gasteiger partial charge in [-0.05, 0) is 30.4 Å². The fourth-order valence-corrected chi connectivity index (χ4v) is 4.22. The van der Waals surface area contributed by atoms with Gasteiger partial charge < -0.3 is 14.3 Å². The van der Waals surface area contributed by atoms with Crippen molar-refractivity contribution >= 4 is 16.9 Å². The number of H-pyrrole nitrogens is 1. The molecule has 3 aromatic rings. The number of para-hydroxylation sites is 1. The summed E-state index contributed by atoms with van der Waals surface area (Å²) in [4.78, 5) is 40.6. The predicted octanol–water partition coefficient (Wildman–Crippen LogP) is 2.00. The third kappa shape index (κ3) is 2.02. The summed E-state index contributed by atoms with van der Waals surface area (Å²) in [5, 5.41) is 0.957. The second kappa shape index (κ2) is 5.17. The second-order valence-corrected chi connectivity index (χ2v) is 6.95. The predicted molar refractivity (Wildman–Crippen MR) is 95.8 cm³/mol. The van der Waals surface area contributed by atoms with E-state index in [0.717, 1.165) is 22.9 Å². The number of hydrogen-bond acceptors (Lipinski definition) is 4. The number of aromatic nitrogens is 2. The van der Waals surface area contributed by atoms with E-state index in [4.69, 9.17) is 4.74 Å². The minimum Gasteiger partial charge on any atom is -0.426 e. The van der Waals surface area contributed by atoms with Gasteiger partial charge in [0.15, 0.2) is 0 Å². The molecule has 0 bridgehead atoms. The van der Waals surface area contributed by atoms with Crippen molar-refractivity contribution in [1.82, 2.24) is 9.55 Å². The molecular formula is C20H16N2O4. The van der Waals surface area contributed by atoms with E-state index in [1.54, 1.807) is 17.6 Å². The molecule has 6 heteroatoms. The van der Waals surface area contributed by atoms with Gasteiger partial charge in [0, 0.05) is 29.8 Å². The largest absolute Gasteiger partial charge is 0.426 e. The zero-order valence-electron chi connectivity index (χ0n) is 14.2. The van der Waals surface area contributed by atoms with Crippen molar-refractivity contribution in [2.24, 2.45) is 0 Å². The van der Waals surface area contributed by atoms with Crippen molar-refractivity contribution in [3.8, 4) is 5.75 Å². The van der Waals surface area contributed by atoms with E-state index in [9.17, 15) is 14.4 Å². The maximum Gasteiger partial charge on any atom is 0.312 e. The van der Waals surface area contributed by atoms with Gasteiger partial charge in [0.1, 0.15) is 5.75 Å². The molecule has 26 heavy (non-hydrogen) atoms. The molecule has 1 aromatic carbocycles. The van der Waals surface area contributed by atoms with E-state index in [1.807, 2.05) is 24.3 Å². The minimum absolute atomic E-state index is 0.0143. The van der Waals surface area contributed by atoms with Crippen LogP contribution in [0.1, 0.15) is 34.7 Å². The second-order valence-electron chi connectivity index (χ2n) is 6.95. The van der Waals surface area contributed by atoms with Gasteiger partial charge >= 0.3 is 5.97 Å². The summed E-state index contributed by atoms with van der Waals surface area (Å²) in [5.74, 6) is -0.773. The van der Waals surface area contributed by atoms with Gasteiger partial charge in [0.25, 0.3) is 11.1 Å². The smallest absolute Gasteiger partial charge is 0.312 e. The number of aromatic amines is 1. The van der Waals surface area contributed by atoms with Crippen molar-refractivity contribution in [1.29, 1.82) is 0 Å². The molecule has 0 spiro atoms. The van der Waals surface area contributed by atoms with Crippen LogP contribution in [0.2, 0.25) is 0 Å². The summed E-state index contributed by atoms with van der Waals surface area (Å²) in [5.41, 5.74) is 3.11. The van der Waals surface area contributed by atoms with Crippen LogP contribution in [-0.2, 0) is 17.8 Å². The van der Waals surface area contributed by atoms with E-state index in [1.165, 1.54) is 0 Å². The van der Waals surface area contributed by atoms with Gasteiger partial charge in [-0.3, -0.25) is 14.4 Å². The van der Waals surface area contributed by atoms with Crippen LogP contribution in [0.15, 0.2) is 39.9 Å². The molecule has 2 aliphatic rings. The molecule has 0 fully saturated rings. The zero-order valence-corrected chi connectivity index (χ0v) is 14.2. The fraction of sp³-hybridized carbons (Fsp3) is 0.250. The average molecular weight is 348 g/mol. The normalized spacial score (nSPS) is 18.0. The summed E-state index contributed by atoms with van der Waals surface area (Å²) >= 11 is 0. The molecule has 2 aliphatic heterocycles. The quantitative estimate of drug-likeness (QED) is 0.682. The number of fused-ring (bicyclic) bond motifs is 1. The number of hydrogen-bond donors (Lipinski definition) is 1. The van der Waals surface area contributed by atoms with Crippen LogP contribution in [0.4, 0.5) is 0 Å². The molecule has 1 atom stereocenters. The fourth-order valence-electron chi connectivity index (χ4n) is 4.22. The number of aryl methyl sites for hydroxylation is 3. The number of benzene rings is 1. The van der Waals surface area contributed by atoms with Crippen LogP contribution < -0.4 is 15.9 Å². The molecule has 2 aromatic heterocycles. The molecule has 1 N–H and O–H groups in total. The molecule has 4 heterocycles. The maximum atomic E-state index is 13.1. The Labute approximate surface area is 148 Å². The Morgan fingerprint density at radius 1 is 1.19 bits per heavy atom. The van der Waals surface area contributed by atoms with Crippen LogP contribution in [0.25, 0.3) is 10.9 Å². The Morgan fingerprint density at radius 2 is 2.04 bits per heavy atom. The molecule has 5 rings (SSSR count). The van der Waals surface area contributed by atoms with Gasteiger partial charge in [0.05, 0.1) is 17.5 Å². The number of pyridine rings is 2. The van der Waals surface area contributed by atoms with Crippen LogP contribution in [0, 0.1) is 6.92 Å². The lowest BCUT2D eigenvalue weighted by Gasteiger charge is -2.24. The highest BCUT2D eigenvalue weighted by Gasteiger charge is 2.34. The first kappa shape index (κ1) is 15.1. The molecule has 130 valence electrons. The third-order valence-electron chi connectivity index (χ3n) is 5.32. The summed E-state index contributed by atoms with van der Waals surface area (Å²) in [7, 11) is 0. The van der Waals surface area contributed by atoms with Gasteiger partial charge in [-0.25, -0.2) is 0 Å². The molecule has 0 saturated heterocycles. The van der Waals surface area contributed by atoms with E-state index in [2.05, 4.69) is 4.98 Å². The lowest BCUT2D eigenvalue weighted by Crippen LogP contribution is -2.33. The number of esters is 1.